The van der Waals surface area contributed by atoms with E-state index in [1.165, 1.54) is 19.1 Å². The Morgan fingerprint density at radius 3 is 2.48 bits per heavy atom. The molecule has 0 aromatic heterocycles. The van der Waals surface area contributed by atoms with Gasteiger partial charge in [0.25, 0.3) is 0 Å². The molecule has 1 aliphatic carbocycles. The van der Waals surface area contributed by atoms with Crippen LogP contribution in [0.15, 0.2) is 42.2 Å². The SMILES string of the molecule is CC(=O)N[C@@H](Cc1ccc(O)c([N+](=O)[O-])c1)C(=O)N[C@@H](CC1C=CC(O)=CC1)C(=O)O. The number of allylic oxidation sites excluding steroid dienone is 3. The van der Waals surface area contributed by atoms with E-state index in [1.54, 1.807) is 12.2 Å². The number of carbonyl (C=O) groups is 3. The number of nitro groups is 1. The Balaban J connectivity index is 2.15. The van der Waals surface area contributed by atoms with E-state index in [0.717, 1.165) is 12.1 Å². The summed E-state index contributed by atoms with van der Waals surface area (Å²) in [6.45, 7) is 1.18. The Bertz CT molecular complexity index is 940. The quantitative estimate of drug-likeness (QED) is 0.286. The fourth-order valence-electron chi connectivity index (χ4n) is 3.16. The summed E-state index contributed by atoms with van der Waals surface area (Å²) in [6.07, 6.45) is 4.97. The molecule has 1 unspecified atom stereocenters. The number of nitrogens with zero attached hydrogens (tertiary/aromatic N) is 1. The molecule has 3 atom stereocenters. The second-order valence-corrected chi connectivity index (χ2v) is 7.16. The lowest BCUT2D eigenvalue weighted by Gasteiger charge is -2.23. The highest BCUT2D eigenvalue weighted by atomic mass is 16.6. The lowest BCUT2D eigenvalue weighted by atomic mass is 9.92. The largest absolute Gasteiger partial charge is 0.508 e. The number of carboxylic acid groups (broad SMARTS) is 1. The number of benzene rings is 1. The third-order valence-corrected chi connectivity index (χ3v) is 4.69. The lowest BCUT2D eigenvalue weighted by Crippen LogP contribution is -2.52. The van der Waals surface area contributed by atoms with Gasteiger partial charge in [-0.2, -0.15) is 0 Å². The van der Waals surface area contributed by atoms with Gasteiger partial charge in [0.15, 0.2) is 5.75 Å². The monoisotopic (exact) mass is 433 g/mol. The number of carboxylic acids is 1. The number of nitrogens with one attached hydrogen (secondary N) is 2. The maximum atomic E-state index is 12.7. The average molecular weight is 433 g/mol. The first-order valence-corrected chi connectivity index (χ1v) is 9.40. The van der Waals surface area contributed by atoms with Crippen LogP contribution >= 0.6 is 0 Å². The first kappa shape index (κ1) is 23.4. The minimum atomic E-state index is -1.26. The van der Waals surface area contributed by atoms with Gasteiger partial charge in [-0.1, -0.05) is 12.1 Å². The molecule has 0 saturated carbocycles. The van der Waals surface area contributed by atoms with Crippen molar-refractivity contribution in [3.05, 3.63) is 57.9 Å². The van der Waals surface area contributed by atoms with Crippen molar-refractivity contribution in [3.63, 3.8) is 0 Å². The zero-order valence-corrected chi connectivity index (χ0v) is 16.6. The van der Waals surface area contributed by atoms with Gasteiger partial charge in [-0.25, -0.2) is 4.79 Å². The number of amides is 2. The van der Waals surface area contributed by atoms with Gasteiger partial charge in [0.05, 0.1) is 4.92 Å². The number of phenols is 1. The molecule has 1 aliphatic rings. The molecule has 0 heterocycles. The summed E-state index contributed by atoms with van der Waals surface area (Å²) < 4.78 is 0. The van der Waals surface area contributed by atoms with Crippen LogP contribution in [0.1, 0.15) is 25.3 Å². The van der Waals surface area contributed by atoms with Gasteiger partial charge in [0, 0.05) is 19.4 Å². The number of phenolic OH excluding ortho intramolecular Hbond substituents is 1. The number of aliphatic hydroxyl groups is 1. The zero-order valence-electron chi connectivity index (χ0n) is 16.6. The fourth-order valence-corrected chi connectivity index (χ4v) is 3.16. The van der Waals surface area contributed by atoms with Crippen LogP contribution in [0, 0.1) is 16.0 Å². The molecule has 2 rings (SSSR count). The number of aromatic hydroxyl groups is 1. The minimum Gasteiger partial charge on any atom is -0.508 e. The standard InChI is InChI=1S/C20H23N3O8/c1-11(24)21-15(9-13-4-7-18(26)17(10-13)23(30)31)19(27)22-16(20(28)29)8-12-2-5-14(25)6-3-12/h2,4-7,10,12,15-16,25-26H,3,8-9H2,1H3,(H,21,24)(H,22,27)(H,28,29)/t12?,15-,16-/m0/s1. The van der Waals surface area contributed by atoms with Crippen molar-refractivity contribution in [3.8, 4) is 5.75 Å². The van der Waals surface area contributed by atoms with Crippen LogP contribution in [0.5, 0.6) is 5.75 Å². The van der Waals surface area contributed by atoms with Gasteiger partial charge in [-0.15, -0.1) is 0 Å². The summed E-state index contributed by atoms with van der Waals surface area (Å²) in [5, 5.41) is 44.2. The van der Waals surface area contributed by atoms with Crippen LogP contribution in [0.4, 0.5) is 5.69 Å². The molecule has 0 aliphatic heterocycles. The molecule has 2 amide bonds. The number of carbonyl (C=O) groups excluding carboxylic acids is 2. The van der Waals surface area contributed by atoms with Crippen LogP contribution < -0.4 is 10.6 Å². The smallest absolute Gasteiger partial charge is 0.326 e. The summed E-state index contributed by atoms with van der Waals surface area (Å²) in [6, 6.07) is 1.12. The highest BCUT2D eigenvalue weighted by Gasteiger charge is 2.28. The second kappa shape index (κ2) is 10.2. The molecule has 11 heteroatoms. The Morgan fingerprint density at radius 1 is 1.23 bits per heavy atom. The van der Waals surface area contributed by atoms with Crippen LogP contribution in [-0.2, 0) is 20.8 Å². The van der Waals surface area contributed by atoms with Crippen LogP contribution in [0.2, 0.25) is 0 Å². The van der Waals surface area contributed by atoms with Crippen molar-refractivity contribution >= 4 is 23.5 Å². The summed E-state index contributed by atoms with van der Waals surface area (Å²) in [4.78, 5) is 46.2. The molecule has 1 aromatic rings. The van der Waals surface area contributed by atoms with Crippen molar-refractivity contribution in [2.45, 2.75) is 38.3 Å². The number of aliphatic hydroxyl groups excluding tert-OH is 1. The Morgan fingerprint density at radius 2 is 1.94 bits per heavy atom. The van der Waals surface area contributed by atoms with Crippen molar-refractivity contribution in [2.75, 3.05) is 0 Å². The van der Waals surface area contributed by atoms with Crippen molar-refractivity contribution in [1.82, 2.24) is 10.6 Å². The van der Waals surface area contributed by atoms with E-state index in [-0.39, 0.29) is 24.5 Å². The molecule has 1 aromatic carbocycles. The Kier molecular flexibility index (Phi) is 7.72. The first-order valence-electron chi connectivity index (χ1n) is 9.40. The number of aliphatic carboxylic acids is 1. The third kappa shape index (κ3) is 6.84. The second-order valence-electron chi connectivity index (χ2n) is 7.16. The van der Waals surface area contributed by atoms with Crippen molar-refractivity contribution in [2.24, 2.45) is 5.92 Å². The van der Waals surface area contributed by atoms with Gasteiger partial charge >= 0.3 is 11.7 Å². The number of hydrogen-bond donors (Lipinski definition) is 5. The molecule has 31 heavy (non-hydrogen) atoms. The number of rotatable bonds is 9. The third-order valence-electron chi connectivity index (χ3n) is 4.69. The number of hydrogen-bond acceptors (Lipinski definition) is 7. The summed E-state index contributed by atoms with van der Waals surface area (Å²) >= 11 is 0. The van der Waals surface area contributed by atoms with E-state index in [0.29, 0.717) is 12.0 Å². The Labute approximate surface area is 177 Å². The van der Waals surface area contributed by atoms with Gasteiger partial charge in [0.1, 0.15) is 17.8 Å². The average Bonchev–Trinajstić information content (AvgIpc) is 2.69. The zero-order chi connectivity index (χ0) is 23.1. The topological polar surface area (TPSA) is 179 Å². The molecular formula is C20H23N3O8. The molecule has 0 radical (unpaired) electrons. The molecule has 0 saturated heterocycles. The molecule has 0 fully saturated rings. The molecule has 166 valence electrons. The highest BCUT2D eigenvalue weighted by molar-refractivity contribution is 5.90. The molecule has 0 bridgehead atoms. The maximum Gasteiger partial charge on any atom is 0.326 e. The predicted octanol–water partition coefficient (Wildman–Crippen LogP) is 1.33. The van der Waals surface area contributed by atoms with E-state index < -0.39 is 46.2 Å². The summed E-state index contributed by atoms with van der Waals surface area (Å²) in [7, 11) is 0. The van der Waals surface area contributed by atoms with E-state index >= 15 is 0 Å². The van der Waals surface area contributed by atoms with Crippen molar-refractivity contribution in [1.29, 1.82) is 0 Å². The van der Waals surface area contributed by atoms with Crippen molar-refractivity contribution < 1.29 is 34.6 Å². The first-order chi connectivity index (χ1) is 14.6. The summed E-state index contributed by atoms with van der Waals surface area (Å²) in [5.74, 6) is -3.24. The highest BCUT2D eigenvalue weighted by Crippen LogP contribution is 2.27. The Hall–Kier alpha value is -3.89. The number of nitro benzene ring substituents is 1. The van der Waals surface area contributed by atoms with E-state index in [9.17, 15) is 39.8 Å². The molecule has 11 nitrogen and oxygen atoms in total. The molecule has 5 N–H and O–H groups in total. The van der Waals surface area contributed by atoms with Crippen LogP contribution in [-0.4, -0.2) is 50.1 Å². The molecule has 0 spiro atoms. The van der Waals surface area contributed by atoms with E-state index in [2.05, 4.69) is 10.6 Å². The van der Waals surface area contributed by atoms with Gasteiger partial charge < -0.3 is 26.0 Å². The maximum absolute atomic E-state index is 12.7. The lowest BCUT2D eigenvalue weighted by molar-refractivity contribution is -0.385. The van der Waals surface area contributed by atoms with Gasteiger partial charge in [-0.3, -0.25) is 19.7 Å². The molecular weight excluding hydrogens is 410 g/mol. The van der Waals surface area contributed by atoms with E-state index in [4.69, 9.17) is 0 Å². The van der Waals surface area contributed by atoms with Crippen LogP contribution in [0.3, 0.4) is 0 Å². The van der Waals surface area contributed by atoms with Crippen LogP contribution in [0.25, 0.3) is 0 Å². The fraction of sp³-hybridized carbons (Fsp3) is 0.350. The normalized spacial score (nSPS) is 17.2. The van der Waals surface area contributed by atoms with Gasteiger partial charge in [-0.05, 0) is 42.5 Å². The predicted molar refractivity (Wildman–Crippen MR) is 108 cm³/mol. The van der Waals surface area contributed by atoms with Gasteiger partial charge in [0.2, 0.25) is 11.8 Å². The van der Waals surface area contributed by atoms with E-state index in [1.807, 2.05) is 0 Å². The summed E-state index contributed by atoms with van der Waals surface area (Å²) in [5.41, 5.74) is -0.260. The minimum absolute atomic E-state index is 0.0683.